The lowest BCUT2D eigenvalue weighted by atomic mass is 9.41. The average molecular weight is 443 g/mol. The van der Waals surface area contributed by atoms with Crippen LogP contribution in [-0.4, -0.2) is 34.0 Å². The van der Waals surface area contributed by atoms with Crippen molar-refractivity contribution in [2.45, 2.75) is 76.5 Å². The largest absolute Gasteiger partial charge is 0.393 e. The van der Waals surface area contributed by atoms with E-state index in [-0.39, 0.29) is 40.4 Å². The van der Waals surface area contributed by atoms with E-state index in [2.05, 4.69) is 31.1 Å². The smallest absolute Gasteiger partial charge is 0.319 e. The Kier molecular flexibility index (Phi) is 4.99. The minimum atomic E-state index is -0.546. The molecule has 5 rings (SSSR count). The highest BCUT2D eigenvalue weighted by Gasteiger charge is 2.69. The molecule has 4 aliphatic carbocycles. The van der Waals surface area contributed by atoms with Gasteiger partial charge in [-0.15, -0.1) is 0 Å². The van der Waals surface area contributed by atoms with Crippen LogP contribution in [0.5, 0.6) is 0 Å². The highest BCUT2D eigenvalue weighted by atomic mass is 19.1. The number of aliphatic hydroxyl groups is 2. The molecule has 4 saturated carbocycles. The van der Waals surface area contributed by atoms with Crippen molar-refractivity contribution < 1.29 is 19.4 Å². The number of halogens is 1. The van der Waals surface area contributed by atoms with E-state index in [4.69, 9.17) is 0 Å². The molecule has 1 aromatic carbocycles. The van der Waals surface area contributed by atoms with E-state index in [0.29, 0.717) is 12.1 Å². The lowest BCUT2D eigenvalue weighted by molar-refractivity contribution is -0.195. The van der Waals surface area contributed by atoms with Gasteiger partial charge in [-0.1, -0.05) is 19.9 Å². The zero-order valence-electron chi connectivity index (χ0n) is 19.0. The molecule has 2 unspecified atom stereocenters. The molecule has 8 atom stereocenters. The summed E-state index contributed by atoms with van der Waals surface area (Å²) in [4.78, 5) is 12.9. The number of anilines is 1. The number of benzene rings is 1. The van der Waals surface area contributed by atoms with Gasteiger partial charge in [0.2, 0.25) is 0 Å². The predicted molar refractivity (Wildman–Crippen MR) is 121 cm³/mol. The number of rotatable bonds is 2. The molecule has 4 N–H and O–H groups in total. The molecule has 1 spiro atoms. The Bertz CT molecular complexity index is 936. The fourth-order valence-corrected chi connectivity index (χ4v) is 8.58. The third kappa shape index (κ3) is 3.06. The average Bonchev–Trinajstić information content (AvgIpc) is 2.90. The number of fused-ring (bicyclic) bond motifs is 3. The molecule has 174 valence electrons. The van der Waals surface area contributed by atoms with Crippen molar-refractivity contribution in [1.82, 2.24) is 5.32 Å². The van der Waals surface area contributed by atoms with Crippen molar-refractivity contribution in [3.05, 3.63) is 42.2 Å². The van der Waals surface area contributed by atoms with Crippen molar-refractivity contribution in [2.24, 2.45) is 28.6 Å². The second-order valence-corrected chi connectivity index (χ2v) is 11.3. The van der Waals surface area contributed by atoms with Crippen LogP contribution in [-0.2, 0) is 0 Å². The molecule has 1 aromatic rings. The minimum absolute atomic E-state index is 0.000773. The molecule has 0 radical (unpaired) electrons. The standard InChI is InChI=1S/C26H35FN2O3/c1-15-16-13-19(30)21-24(2)10-4-11-25(3,20(24)9-12-26(21,14-16)22(15)31)29-23(32)28-18-7-5-17(27)6-8-18/h5-8,16,19-22,30-31H,1,4,9-14H2,2-3H3,(H2,28,29,32)/t16-,19+,20?,21?,22-,24-,25-,26-/m1/s1. The van der Waals surface area contributed by atoms with Crippen LogP contribution in [0.2, 0.25) is 0 Å². The molecule has 4 fully saturated rings. The Morgan fingerprint density at radius 1 is 1.16 bits per heavy atom. The van der Waals surface area contributed by atoms with Crippen molar-refractivity contribution in [1.29, 1.82) is 0 Å². The monoisotopic (exact) mass is 442 g/mol. The molecule has 0 heterocycles. The molecule has 4 aliphatic rings. The van der Waals surface area contributed by atoms with Gasteiger partial charge in [0.15, 0.2) is 0 Å². The number of hydrogen-bond donors (Lipinski definition) is 4. The van der Waals surface area contributed by atoms with Crippen molar-refractivity contribution in [3.63, 3.8) is 0 Å². The van der Waals surface area contributed by atoms with Crippen LogP contribution >= 0.6 is 0 Å². The lowest BCUT2D eigenvalue weighted by Gasteiger charge is -2.65. The van der Waals surface area contributed by atoms with Gasteiger partial charge in [-0.05, 0) is 98.5 Å². The SMILES string of the molecule is C=C1[C@@H]2C[C@H](O)C3[C@]4(C)CCC[C@@](C)(NC(=O)Nc5ccc(F)cc5)C4CC[C@]3(C2)[C@@H]1O. The van der Waals surface area contributed by atoms with Gasteiger partial charge in [-0.25, -0.2) is 9.18 Å². The normalized spacial score (nSPS) is 45.0. The van der Waals surface area contributed by atoms with E-state index in [1.807, 2.05) is 0 Å². The summed E-state index contributed by atoms with van der Waals surface area (Å²) in [7, 11) is 0. The zero-order valence-corrected chi connectivity index (χ0v) is 19.0. The van der Waals surface area contributed by atoms with Crippen LogP contribution in [0.1, 0.15) is 58.8 Å². The highest BCUT2D eigenvalue weighted by molar-refractivity contribution is 5.89. The van der Waals surface area contributed by atoms with Crippen LogP contribution < -0.4 is 10.6 Å². The third-order valence-electron chi connectivity index (χ3n) is 9.66. The van der Waals surface area contributed by atoms with Gasteiger partial charge in [-0.3, -0.25) is 0 Å². The first-order chi connectivity index (χ1) is 15.1. The lowest BCUT2D eigenvalue weighted by Crippen LogP contribution is -2.67. The predicted octanol–water partition coefficient (Wildman–Crippen LogP) is 4.61. The summed E-state index contributed by atoms with van der Waals surface area (Å²) in [5.74, 6) is 0.0737. The molecule has 0 aromatic heterocycles. The van der Waals surface area contributed by atoms with Crippen LogP contribution in [0.3, 0.4) is 0 Å². The molecule has 2 bridgehead atoms. The highest BCUT2D eigenvalue weighted by Crippen LogP contribution is 2.70. The first-order valence-electron chi connectivity index (χ1n) is 12.0. The van der Waals surface area contributed by atoms with E-state index in [1.165, 1.54) is 12.1 Å². The summed E-state index contributed by atoms with van der Waals surface area (Å²) in [6.45, 7) is 8.59. The summed E-state index contributed by atoms with van der Waals surface area (Å²) < 4.78 is 13.2. The first-order valence-corrected chi connectivity index (χ1v) is 12.0. The quantitative estimate of drug-likeness (QED) is 0.505. The molecule has 0 saturated heterocycles. The number of amides is 2. The topological polar surface area (TPSA) is 81.6 Å². The Morgan fingerprint density at radius 3 is 2.59 bits per heavy atom. The van der Waals surface area contributed by atoms with Gasteiger partial charge in [0, 0.05) is 16.6 Å². The van der Waals surface area contributed by atoms with Crippen LogP contribution in [0.25, 0.3) is 0 Å². The second kappa shape index (κ2) is 7.29. The number of urea groups is 1. The number of hydrogen-bond acceptors (Lipinski definition) is 3. The summed E-state index contributed by atoms with van der Waals surface area (Å²) in [6.07, 6.45) is 5.18. The molecular weight excluding hydrogens is 407 g/mol. The van der Waals surface area contributed by atoms with Gasteiger partial charge in [0.1, 0.15) is 5.82 Å². The fraction of sp³-hybridized carbons (Fsp3) is 0.654. The van der Waals surface area contributed by atoms with Crippen molar-refractivity contribution >= 4 is 11.7 Å². The number of carbonyl (C=O) groups is 1. The van der Waals surface area contributed by atoms with E-state index < -0.39 is 17.7 Å². The summed E-state index contributed by atoms with van der Waals surface area (Å²) in [6, 6.07) is 5.47. The Balaban J connectivity index is 1.41. The van der Waals surface area contributed by atoms with Crippen LogP contribution in [0.15, 0.2) is 36.4 Å². The van der Waals surface area contributed by atoms with E-state index >= 15 is 0 Å². The zero-order chi connectivity index (χ0) is 22.9. The van der Waals surface area contributed by atoms with Crippen LogP contribution in [0.4, 0.5) is 14.9 Å². The van der Waals surface area contributed by atoms with Gasteiger partial charge in [0.05, 0.1) is 12.2 Å². The molecule has 0 aliphatic heterocycles. The Hall–Kier alpha value is -1.92. The maximum Gasteiger partial charge on any atom is 0.319 e. The Labute approximate surface area is 189 Å². The molecule has 6 heteroatoms. The molecule has 5 nitrogen and oxygen atoms in total. The minimum Gasteiger partial charge on any atom is -0.393 e. The summed E-state index contributed by atoms with van der Waals surface area (Å²) in [5.41, 5.74) is 0.568. The van der Waals surface area contributed by atoms with Crippen molar-refractivity contribution in [3.8, 4) is 0 Å². The van der Waals surface area contributed by atoms with Crippen molar-refractivity contribution in [2.75, 3.05) is 5.32 Å². The van der Waals surface area contributed by atoms with E-state index in [1.54, 1.807) is 12.1 Å². The van der Waals surface area contributed by atoms with Gasteiger partial charge in [-0.2, -0.15) is 0 Å². The van der Waals surface area contributed by atoms with E-state index in [9.17, 15) is 19.4 Å². The summed E-state index contributed by atoms with van der Waals surface area (Å²) in [5, 5.41) is 28.6. The maximum absolute atomic E-state index is 13.2. The molecule has 2 amide bonds. The fourth-order valence-electron chi connectivity index (χ4n) is 8.58. The third-order valence-corrected chi connectivity index (χ3v) is 9.66. The maximum atomic E-state index is 13.2. The second-order valence-electron chi connectivity index (χ2n) is 11.3. The van der Waals surface area contributed by atoms with Gasteiger partial charge >= 0.3 is 6.03 Å². The first kappa shape index (κ1) is 21.9. The molecular formula is C26H35FN2O3. The number of nitrogens with one attached hydrogen (secondary N) is 2. The summed E-state index contributed by atoms with van der Waals surface area (Å²) >= 11 is 0. The number of aliphatic hydroxyl groups excluding tert-OH is 2. The van der Waals surface area contributed by atoms with Gasteiger partial charge < -0.3 is 20.8 Å². The van der Waals surface area contributed by atoms with Gasteiger partial charge in [0.25, 0.3) is 0 Å². The molecule has 32 heavy (non-hydrogen) atoms. The van der Waals surface area contributed by atoms with Crippen LogP contribution in [0, 0.1) is 34.4 Å². The van der Waals surface area contributed by atoms with E-state index in [0.717, 1.165) is 44.1 Å². The number of carbonyl (C=O) groups excluding carboxylic acids is 1. The Morgan fingerprint density at radius 2 is 1.88 bits per heavy atom.